The van der Waals surface area contributed by atoms with E-state index in [1.165, 1.54) is 18.3 Å². The molecular weight excluding hydrogens is 342 g/mol. The van der Waals surface area contributed by atoms with Crippen molar-refractivity contribution in [2.24, 2.45) is 5.10 Å². The standard InChI is InChI=1S/C21H17N3O3/c25-21(23-22-15-16-8-7-13-19(14-16)24(26)27)20(17-9-3-1-4-10-17)18-11-5-2-6-12-18/h1-15,20H,(H,23,25)/b22-15+. The van der Waals surface area contributed by atoms with Crippen LogP contribution < -0.4 is 5.43 Å². The van der Waals surface area contributed by atoms with E-state index in [-0.39, 0.29) is 11.6 Å². The molecule has 0 unspecified atom stereocenters. The van der Waals surface area contributed by atoms with Crippen molar-refractivity contribution in [1.82, 2.24) is 5.43 Å². The van der Waals surface area contributed by atoms with Gasteiger partial charge in [0.05, 0.1) is 17.1 Å². The Bertz CT molecular complexity index is 917. The van der Waals surface area contributed by atoms with Crippen LogP contribution in [0.5, 0.6) is 0 Å². The Morgan fingerprint density at radius 2 is 1.52 bits per heavy atom. The van der Waals surface area contributed by atoms with E-state index in [4.69, 9.17) is 0 Å². The fraction of sp³-hybridized carbons (Fsp3) is 0.0476. The number of non-ortho nitro benzene ring substituents is 1. The first kappa shape index (κ1) is 18.0. The molecule has 3 rings (SSSR count). The summed E-state index contributed by atoms with van der Waals surface area (Å²) < 4.78 is 0. The lowest BCUT2D eigenvalue weighted by Crippen LogP contribution is -2.26. The monoisotopic (exact) mass is 359 g/mol. The number of nitrogens with one attached hydrogen (secondary N) is 1. The van der Waals surface area contributed by atoms with E-state index in [2.05, 4.69) is 10.5 Å². The predicted octanol–water partition coefficient (Wildman–Crippen LogP) is 3.88. The zero-order valence-corrected chi connectivity index (χ0v) is 14.4. The summed E-state index contributed by atoms with van der Waals surface area (Å²) in [5, 5.41) is 14.8. The van der Waals surface area contributed by atoms with E-state index in [9.17, 15) is 14.9 Å². The van der Waals surface area contributed by atoms with Crippen molar-refractivity contribution in [3.8, 4) is 0 Å². The van der Waals surface area contributed by atoms with Crippen LogP contribution in [0.2, 0.25) is 0 Å². The van der Waals surface area contributed by atoms with Gasteiger partial charge >= 0.3 is 0 Å². The number of benzene rings is 3. The maximum atomic E-state index is 12.8. The number of rotatable bonds is 6. The van der Waals surface area contributed by atoms with Gasteiger partial charge < -0.3 is 0 Å². The van der Waals surface area contributed by atoms with Crippen molar-refractivity contribution in [2.45, 2.75) is 5.92 Å². The summed E-state index contributed by atoms with van der Waals surface area (Å²) >= 11 is 0. The van der Waals surface area contributed by atoms with Crippen LogP contribution in [0.1, 0.15) is 22.6 Å². The van der Waals surface area contributed by atoms with Gasteiger partial charge in [0.25, 0.3) is 11.6 Å². The molecule has 134 valence electrons. The molecule has 0 heterocycles. The Labute approximate surface area is 156 Å². The summed E-state index contributed by atoms with van der Waals surface area (Å²) in [5.41, 5.74) is 4.74. The van der Waals surface area contributed by atoms with E-state index in [1.54, 1.807) is 12.1 Å². The normalized spacial score (nSPS) is 10.9. The number of nitro benzene ring substituents is 1. The second-order valence-electron chi connectivity index (χ2n) is 5.84. The molecule has 0 radical (unpaired) electrons. The van der Waals surface area contributed by atoms with Crippen LogP contribution in [0.25, 0.3) is 0 Å². The van der Waals surface area contributed by atoms with Gasteiger partial charge in [-0.05, 0) is 11.1 Å². The van der Waals surface area contributed by atoms with Gasteiger partial charge in [0.15, 0.2) is 0 Å². The van der Waals surface area contributed by atoms with Crippen molar-refractivity contribution in [2.75, 3.05) is 0 Å². The number of nitrogens with zero attached hydrogens (tertiary/aromatic N) is 2. The average molecular weight is 359 g/mol. The maximum Gasteiger partial charge on any atom is 0.270 e. The Hall–Kier alpha value is -3.80. The lowest BCUT2D eigenvalue weighted by atomic mass is 9.91. The molecule has 1 N–H and O–H groups in total. The molecule has 6 nitrogen and oxygen atoms in total. The SMILES string of the molecule is O=C(N/N=C/c1cccc([N+](=O)[O-])c1)C(c1ccccc1)c1ccccc1. The van der Waals surface area contributed by atoms with Gasteiger partial charge in [0.1, 0.15) is 0 Å². The molecule has 0 aliphatic heterocycles. The average Bonchev–Trinajstić information content (AvgIpc) is 2.70. The van der Waals surface area contributed by atoms with Crippen LogP contribution in [-0.2, 0) is 4.79 Å². The largest absolute Gasteiger partial charge is 0.272 e. The van der Waals surface area contributed by atoms with Crippen molar-refractivity contribution >= 4 is 17.8 Å². The van der Waals surface area contributed by atoms with Crippen molar-refractivity contribution in [1.29, 1.82) is 0 Å². The molecule has 0 fully saturated rings. The van der Waals surface area contributed by atoms with Gasteiger partial charge in [-0.1, -0.05) is 72.8 Å². The Morgan fingerprint density at radius 1 is 0.926 bits per heavy atom. The topological polar surface area (TPSA) is 84.6 Å². The van der Waals surface area contributed by atoms with Gasteiger partial charge in [-0.25, -0.2) is 5.43 Å². The molecule has 0 aliphatic carbocycles. The number of amides is 1. The first-order valence-electron chi connectivity index (χ1n) is 8.32. The highest BCUT2D eigenvalue weighted by Gasteiger charge is 2.22. The molecule has 3 aromatic rings. The molecule has 0 bridgehead atoms. The molecule has 3 aromatic carbocycles. The highest BCUT2D eigenvalue weighted by Crippen LogP contribution is 2.24. The fourth-order valence-electron chi connectivity index (χ4n) is 2.74. The number of hydrazone groups is 1. The Morgan fingerprint density at radius 3 is 2.07 bits per heavy atom. The molecule has 6 heteroatoms. The third-order valence-corrected chi connectivity index (χ3v) is 4.00. The Balaban J connectivity index is 1.79. The van der Waals surface area contributed by atoms with Gasteiger partial charge in [0, 0.05) is 17.7 Å². The molecule has 1 amide bonds. The maximum absolute atomic E-state index is 12.8. The fourth-order valence-corrected chi connectivity index (χ4v) is 2.74. The van der Waals surface area contributed by atoms with Gasteiger partial charge in [-0.15, -0.1) is 0 Å². The van der Waals surface area contributed by atoms with E-state index in [1.807, 2.05) is 60.7 Å². The highest BCUT2D eigenvalue weighted by atomic mass is 16.6. The molecule has 0 aliphatic rings. The van der Waals surface area contributed by atoms with E-state index >= 15 is 0 Å². The number of hydrogen-bond donors (Lipinski definition) is 1. The van der Waals surface area contributed by atoms with Crippen LogP contribution in [-0.4, -0.2) is 17.0 Å². The van der Waals surface area contributed by atoms with Crippen molar-refractivity contribution in [3.05, 3.63) is 112 Å². The van der Waals surface area contributed by atoms with Crippen LogP contribution in [0.4, 0.5) is 5.69 Å². The quantitative estimate of drug-likeness (QED) is 0.412. The van der Waals surface area contributed by atoms with Crippen LogP contribution >= 0.6 is 0 Å². The smallest absolute Gasteiger partial charge is 0.270 e. The lowest BCUT2D eigenvalue weighted by molar-refractivity contribution is -0.384. The third kappa shape index (κ3) is 4.64. The third-order valence-electron chi connectivity index (χ3n) is 4.00. The number of hydrogen-bond acceptors (Lipinski definition) is 4. The predicted molar refractivity (Wildman–Crippen MR) is 104 cm³/mol. The minimum absolute atomic E-state index is 0.0308. The van der Waals surface area contributed by atoms with E-state index in [0.717, 1.165) is 11.1 Å². The molecule has 0 aromatic heterocycles. The number of carbonyl (C=O) groups excluding carboxylic acids is 1. The van der Waals surface area contributed by atoms with Crippen molar-refractivity contribution in [3.63, 3.8) is 0 Å². The minimum atomic E-state index is -0.505. The van der Waals surface area contributed by atoms with Crippen LogP contribution in [0.15, 0.2) is 90.0 Å². The molecular formula is C21H17N3O3. The first-order valence-corrected chi connectivity index (χ1v) is 8.32. The summed E-state index contributed by atoms with van der Waals surface area (Å²) in [6.07, 6.45) is 1.39. The van der Waals surface area contributed by atoms with Crippen molar-refractivity contribution < 1.29 is 9.72 Å². The van der Waals surface area contributed by atoms with Crippen LogP contribution in [0, 0.1) is 10.1 Å². The van der Waals surface area contributed by atoms with Crippen LogP contribution in [0.3, 0.4) is 0 Å². The molecule has 27 heavy (non-hydrogen) atoms. The zero-order valence-electron chi connectivity index (χ0n) is 14.4. The summed E-state index contributed by atoms with van der Waals surface area (Å²) in [4.78, 5) is 23.1. The summed E-state index contributed by atoms with van der Waals surface area (Å²) in [5.74, 6) is -0.788. The minimum Gasteiger partial charge on any atom is -0.272 e. The van der Waals surface area contributed by atoms with Gasteiger partial charge in [-0.3, -0.25) is 14.9 Å². The van der Waals surface area contributed by atoms with Gasteiger partial charge in [0.2, 0.25) is 0 Å². The summed E-state index contributed by atoms with van der Waals surface area (Å²) in [6.45, 7) is 0. The zero-order chi connectivity index (χ0) is 19.1. The summed E-state index contributed by atoms with van der Waals surface area (Å²) in [6, 6.07) is 24.9. The lowest BCUT2D eigenvalue weighted by Gasteiger charge is -2.16. The first-order chi connectivity index (χ1) is 13.1. The van der Waals surface area contributed by atoms with Gasteiger partial charge in [-0.2, -0.15) is 5.10 Å². The molecule has 0 atom stereocenters. The molecule has 0 saturated heterocycles. The second kappa shape index (κ2) is 8.53. The van der Waals surface area contributed by atoms with E-state index < -0.39 is 10.8 Å². The van der Waals surface area contributed by atoms with E-state index in [0.29, 0.717) is 5.56 Å². The molecule has 0 spiro atoms. The summed E-state index contributed by atoms with van der Waals surface area (Å²) in [7, 11) is 0. The Kier molecular flexibility index (Phi) is 5.69. The molecule has 0 saturated carbocycles. The number of nitro groups is 1. The second-order valence-corrected chi connectivity index (χ2v) is 5.84. The highest BCUT2D eigenvalue weighted by molar-refractivity contribution is 5.88. The number of carbonyl (C=O) groups is 1.